The number of nitrogens with two attached hydrogens (primary N) is 1. The maximum Gasteiger partial charge on any atom is 0.282 e. The zero-order chi connectivity index (χ0) is 18.4. The Kier molecular flexibility index (Phi) is 5.73. The molecule has 132 valence electrons. The Balaban J connectivity index is 2.11. The zero-order valence-electron chi connectivity index (χ0n) is 12.8. The van der Waals surface area contributed by atoms with E-state index in [0.29, 0.717) is 0 Å². The number of phenolic OH excluding ortho intramolecular Hbond substituents is 1. The molecule has 25 heavy (non-hydrogen) atoms. The molecule has 1 aromatic heterocycles. The van der Waals surface area contributed by atoms with E-state index in [2.05, 4.69) is 25.7 Å². The molecule has 0 spiro atoms. The van der Waals surface area contributed by atoms with Crippen LogP contribution in [0.5, 0.6) is 11.5 Å². The summed E-state index contributed by atoms with van der Waals surface area (Å²) >= 11 is 1.04. The molecule has 2 rings (SSSR count). The number of nitrogens with one attached hydrogen (secondary N) is 2. The van der Waals surface area contributed by atoms with Crippen LogP contribution in [0.25, 0.3) is 0 Å². The van der Waals surface area contributed by atoms with Crippen molar-refractivity contribution < 1.29 is 19.6 Å². The van der Waals surface area contributed by atoms with E-state index in [0.717, 1.165) is 17.8 Å². The molecule has 0 aliphatic carbocycles. The van der Waals surface area contributed by atoms with Crippen LogP contribution in [0.15, 0.2) is 22.4 Å². The van der Waals surface area contributed by atoms with Gasteiger partial charge in [0.05, 0.1) is 35.6 Å². The van der Waals surface area contributed by atoms with E-state index in [9.17, 15) is 20.0 Å². The van der Waals surface area contributed by atoms with Gasteiger partial charge in [-0.2, -0.15) is 10.1 Å². The molecule has 0 aliphatic heterocycles. The van der Waals surface area contributed by atoms with Gasteiger partial charge in [-0.15, -0.1) is 5.10 Å². The number of methoxy groups -OCH3 is 1. The minimum atomic E-state index is -0.659. The molecule has 1 aromatic carbocycles. The summed E-state index contributed by atoms with van der Waals surface area (Å²) in [4.78, 5) is 25.0. The van der Waals surface area contributed by atoms with Gasteiger partial charge in [0.25, 0.3) is 5.69 Å². The number of hydrogen-bond donors (Lipinski definition) is 4. The molecule has 0 atom stereocenters. The Morgan fingerprint density at radius 1 is 1.64 bits per heavy atom. The van der Waals surface area contributed by atoms with Gasteiger partial charge in [0, 0.05) is 0 Å². The highest BCUT2D eigenvalue weighted by atomic mass is 32.2. The lowest BCUT2D eigenvalue weighted by Gasteiger charge is -2.04. The number of thioether (sulfide) groups is 1. The number of aromatic nitrogens is 3. The van der Waals surface area contributed by atoms with E-state index in [1.54, 1.807) is 0 Å². The molecular weight excluding hydrogens is 354 g/mol. The molecule has 12 nitrogen and oxygen atoms in total. The number of aromatic amines is 1. The van der Waals surface area contributed by atoms with Crippen molar-refractivity contribution in [2.45, 2.75) is 5.16 Å². The number of anilines is 1. The molecule has 13 heteroatoms. The van der Waals surface area contributed by atoms with Crippen LogP contribution >= 0.6 is 11.8 Å². The molecule has 1 heterocycles. The lowest BCUT2D eigenvalue weighted by atomic mass is 10.1. The monoisotopic (exact) mass is 367 g/mol. The topological polar surface area (TPSA) is 182 Å². The van der Waals surface area contributed by atoms with E-state index in [-0.39, 0.29) is 39.6 Å². The number of ether oxygens (including phenoxy) is 1. The summed E-state index contributed by atoms with van der Waals surface area (Å²) in [7, 11) is 1.32. The summed E-state index contributed by atoms with van der Waals surface area (Å²) < 4.78 is 4.91. The molecular formula is C12H13N7O5S. The van der Waals surface area contributed by atoms with Gasteiger partial charge >= 0.3 is 0 Å². The lowest BCUT2D eigenvalue weighted by molar-refractivity contribution is -0.385. The summed E-state index contributed by atoms with van der Waals surface area (Å²) in [5, 5.41) is 31.1. The van der Waals surface area contributed by atoms with Crippen molar-refractivity contribution in [2.24, 2.45) is 10.8 Å². The first-order valence-corrected chi connectivity index (χ1v) is 7.57. The first-order chi connectivity index (χ1) is 11.9. The Bertz CT molecular complexity index is 822. The summed E-state index contributed by atoms with van der Waals surface area (Å²) in [6.45, 7) is 0. The Morgan fingerprint density at radius 2 is 2.40 bits per heavy atom. The van der Waals surface area contributed by atoms with Crippen molar-refractivity contribution in [1.82, 2.24) is 15.2 Å². The molecule has 1 amide bonds. The molecule has 0 saturated heterocycles. The molecule has 0 unspecified atom stereocenters. The van der Waals surface area contributed by atoms with Gasteiger partial charge in [0.1, 0.15) is 0 Å². The maximum absolute atomic E-state index is 11.0. The van der Waals surface area contributed by atoms with Crippen LogP contribution in [0.2, 0.25) is 0 Å². The first kappa shape index (κ1) is 18.0. The number of H-pyrrole nitrogens is 1. The smallest absolute Gasteiger partial charge is 0.282 e. The number of amides is 1. The largest absolute Gasteiger partial charge is 0.504 e. The molecule has 0 saturated carbocycles. The average Bonchev–Trinajstić information content (AvgIpc) is 3.01. The quantitative estimate of drug-likeness (QED) is 0.223. The van der Waals surface area contributed by atoms with E-state index in [1.165, 1.54) is 19.4 Å². The molecule has 0 aliphatic rings. The highest BCUT2D eigenvalue weighted by Crippen LogP contribution is 2.32. The predicted molar refractivity (Wildman–Crippen MR) is 88.8 cm³/mol. The second-order valence-corrected chi connectivity index (χ2v) is 5.37. The minimum Gasteiger partial charge on any atom is -0.504 e. The van der Waals surface area contributed by atoms with Crippen LogP contribution in [-0.2, 0) is 4.79 Å². The van der Waals surface area contributed by atoms with Gasteiger partial charge in [-0.25, -0.2) is 10.5 Å². The summed E-state index contributed by atoms with van der Waals surface area (Å²) in [6, 6.07) is 2.24. The number of rotatable bonds is 8. The fourth-order valence-corrected chi connectivity index (χ4v) is 2.20. The molecule has 0 fully saturated rings. The number of nitro benzene ring substituents is 1. The standard InChI is InChI=1S/C12H13N7O5S/c1-24-9-2-6(7(19(22)23)3-8(9)20)4-14-16-11-15-12(18-17-11)25-5-10(13)21/h2-4,20H,5H2,1H3,(H2,13,21)(H2,15,16,17,18)/b14-4+. The number of nitro groups is 1. The Morgan fingerprint density at radius 3 is 3.04 bits per heavy atom. The summed E-state index contributed by atoms with van der Waals surface area (Å²) in [5.41, 5.74) is 7.28. The van der Waals surface area contributed by atoms with Gasteiger partial charge in [-0.05, 0) is 6.07 Å². The predicted octanol–water partition coefficient (Wildman–Crippen LogP) is 0.450. The maximum atomic E-state index is 11.0. The number of primary amides is 1. The zero-order valence-corrected chi connectivity index (χ0v) is 13.6. The van der Waals surface area contributed by atoms with E-state index in [4.69, 9.17) is 10.5 Å². The van der Waals surface area contributed by atoms with Crippen molar-refractivity contribution in [1.29, 1.82) is 0 Å². The molecule has 0 radical (unpaired) electrons. The van der Waals surface area contributed by atoms with E-state index in [1.807, 2.05) is 0 Å². The molecule has 5 N–H and O–H groups in total. The third kappa shape index (κ3) is 4.81. The van der Waals surface area contributed by atoms with Crippen LogP contribution in [0, 0.1) is 10.1 Å². The third-order valence-electron chi connectivity index (χ3n) is 2.71. The van der Waals surface area contributed by atoms with Gasteiger partial charge in [0.15, 0.2) is 11.5 Å². The SMILES string of the molecule is COc1cc(/C=N/Nc2nc(SCC(N)=O)n[nH]2)c([N+](=O)[O-])cc1O. The molecule has 2 aromatic rings. The van der Waals surface area contributed by atoms with Gasteiger partial charge in [-0.1, -0.05) is 11.8 Å². The normalized spacial score (nSPS) is 10.8. The third-order valence-corrected chi connectivity index (χ3v) is 3.58. The van der Waals surface area contributed by atoms with Crippen molar-refractivity contribution in [2.75, 3.05) is 18.3 Å². The van der Waals surface area contributed by atoms with Crippen molar-refractivity contribution >= 4 is 35.5 Å². The number of carbonyl (C=O) groups is 1. The second-order valence-electron chi connectivity index (χ2n) is 4.43. The van der Waals surface area contributed by atoms with Crippen molar-refractivity contribution in [3.8, 4) is 11.5 Å². The Labute approximate surface area is 144 Å². The van der Waals surface area contributed by atoms with Gasteiger partial charge in [-0.3, -0.25) is 14.9 Å². The first-order valence-electron chi connectivity index (χ1n) is 6.58. The average molecular weight is 367 g/mol. The van der Waals surface area contributed by atoms with Crippen LogP contribution < -0.4 is 15.9 Å². The minimum absolute atomic E-state index is 0.0278. The molecule has 0 bridgehead atoms. The van der Waals surface area contributed by atoms with Crippen LogP contribution in [-0.4, -0.2) is 50.2 Å². The number of carbonyl (C=O) groups excluding carboxylic acids is 1. The van der Waals surface area contributed by atoms with Crippen LogP contribution in [0.3, 0.4) is 0 Å². The van der Waals surface area contributed by atoms with Crippen molar-refractivity contribution in [3.63, 3.8) is 0 Å². The second kappa shape index (κ2) is 7.96. The summed E-state index contributed by atoms with van der Waals surface area (Å²) in [6.07, 6.45) is 1.17. The van der Waals surface area contributed by atoms with Crippen molar-refractivity contribution in [3.05, 3.63) is 27.8 Å². The van der Waals surface area contributed by atoms with Gasteiger partial charge in [0.2, 0.25) is 17.0 Å². The van der Waals surface area contributed by atoms with E-state index >= 15 is 0 Å². The number of benzene rings is 1. The van der Waals surface area contributed by atoms with Crippen LogP contribution in [0.1, 0.15) is 5.56 Å². The highest BCUT2D eigenvalue weighted by Gasteiger charge is 2.17. The Hall–Kier alpha value is -3.35. The number of hydrogen-bond acceptors (Lipinski definition) is 10. The van der Waals surface area contributed by atoms with Crippen LogP contribution in [0.4, 0.5) is 11.6 Å². The summed E-state index contributed by atoms with van der Waals surface area (Å²) in [5.74, 6) is -0.602. The number of aromatic hydroxyl groups is 1. The fourth-order valence-electron chi connectivity index (χ4n) is 1.66. The number of hydrazone groups is 1. The highest BCUT2D eigenvalue weighted by molar-refractivity contribution is 7.99. The fraction of sp³-hybridized carbons (Fsp3) is 0.167. The lowest BCUT2D eigenvalue weighted by Crippen LogP contribution is -2.13. The van der Waals surface area contributed by atoms with Gasteiger partial charge < -0.3 is 15.6 Å². The van der Waals surface area contributed by atoms with E-state index < -0.39 is 10.8 Å². The number of phenols is 1. The number of nitrogens with zero attached hydrogens (tertiary/aromatic N) is 4.